The number of nitrogens with zero attached hydrogens (tertiary/aromatic N) is 2. The van der Waals surface area contributed by atoms with Crippen molar-refractivity contribution in [2.45, 2.75) is 13.3 Å². The molecule has 4 heteroatoms. The maximum atomic E-state index is 12.6. The maximum Gasteiger partial charge on any atom is 0.270 e. The highest BCUT2D eigenvalue weighted by molar-refractivity contribution is 5.98. The van der Waals surface area contributed by atoms with Gasteiger partial charge in [-0.3, -0.25) is 9.78 Å². The Morgan fingerprint density at radius 1 is 1.18 bits per heavy atom. The van der Waals surface area contributed by atoms with Crippen molar-refractivity contribution < 1.29 is 4.79 Å². The first-order valence-electron chi connectivity index (χ1n) is 7.54. The molecule has 2 aromatic heterocycles. The first-order chi connectivity index (χ1) is 10.8. The van der Waals surface area contributed by atoms with Crippen LogP contribution in [0.25, 0.3) is 10.9 Å². The van der Waals surface area contributed by atoms with Crippen molar-refractivity contribution in [1.82, 2.24) is 14.9 Å². The number of carbonyl (C=O) groups excluding carboxylic acids is 1. The van der Waals surface area contributed by atoms with Crippen molar-refractivity contribution in [3.63, 3.8) is 0 Å². The molecule has 1 N–H and O–H groups in total. The third kappa shape index (κ3) is 3.01. The average molecular weight is 293 g/mol. The van der Waals surface area contributed by atoms with Gasteiger partial charge in [0.05, 0.1) is 0 Å². The summed E-state index contributed by atoms with van der Waals surface area (Å²) in [6.07, 6.45) is 4.40. The highest BCUT2D eigenvalue weighted by Gasteiger charge is 2.16. The van der Waals surface area contributed by atoms with Gasteiger partial charge < -0.3 is 9.88 Å². The van der Waals surface area contributed by atoms with Gasteiger partial charge in [-0.15, -0.1) is 0 Å². The molecule has 0 spiro atoms. The van der Waals surface area contributed by atoms with E-state index in [2.05, 4.69) is 9.97 Å². The van der Waals surface area contributed by atoms with Crippen LogP contribution in [0.5, 0.6) is 0 Å². The van der Waals surface area contributed by atoms with Gasteiger partial charge >= 0.3 is 0 Å². The summed E-state index contributed by atoms with van der Waals surface area (Å²) in [5.74, 6) is 0.0488. The summed E-state index contributed by atoms with van der Waals surface area (Å²) in [5, 5.41) is 1.07. The summed E-state index contributed by atoms with van der Waals surface area (Å²) in [6, 6.07) is 13.8. The summed E-state index contributed by atoms with van der Waals surface area (Å²) in [4.78, 5) is 21.7. The zero-order valence-electron chi connectivity index (χ0n) is 12.6. The second-order valence-electron chi connectivity index (χ2n) is 5.26. The topological polar surface area (TPSA) is 49.0 Å². The first kappa shape index (κ1) is 14.3. The molecule has 1 amide bonds. The van der Waals surface area contributed by atoms with Gasteiger partial charge in [0.15, 0.2) is 0 Å². The molecule has 0 bridgehead atoms. The van der Waals surface area contributed by atoms with E-state index in [0.717, 1.165) is 17.3 Å². The standard InChI is InChI=1S/C18H19N3O/c1-2-21(12-9-14-7-10-19-11-8-14)18(22)17-13-15-5-3-4-6-16(15)20-17/h3-8,10-11,13,20H,2,9,12H2,1H3. The number of benzene rings is 1. The normalized spacial score (nSPS) is 10.8. The number of aromatic amines is 1. The van der Waals surface area contributed by atoms with Gasteiger partial charge in [-0.2, -0.15) is 0 Å². The Balaban J connectivity index is 1.73. The number of carbonyl (C=O) groups is 1. The number of fused-ring (bicyclic) bond motifs is 1. The molecule has 0 fully saturated rings. The fourth-order valence-electron chi connectivity index (χ4n) is 2.58. The quantitative estimate of drug-likeness (QED) is 0.785. The Kier molecular flexibility index (Phi) is 4.19. The van der Waals surface area contributed by atoms with E-state index in [4.69, 9.17) is 0 Å². The molecule has 0 saturated carbocycles. The molecular formula is C18H19N3O. The van der Waals surface area contributed by atoms with Crippen LogP contribution in [-0.2, 0) is 6.42 Å². The minimum absolute atomic E-state index is 0.0488. The number of likely N-dealkylation sites (N-methyl/N-ethyl adjacent to an activating group) is 1. The molecule has 0 aliphatic rings. The van der Waals surface area contributed by atoms with Crippen LogP contribution >= 0.6 is 0 Å². The van der Waals surface area contributed by atoms with Gasteiger partial charge in [0.2, 0.25) is 0 Å². The van der Waals surface area contributed by atoms with Crippen molar-refractivity contribution >= 4 is 16.8 Å². The lowest BCUT2D eigenvalue weighted by Crippen LogP contribution is -2.32. The van der Waals surface area contributed by atoms with E-state index in [1.807, 2.05) is 54.3 Å². The Morgan fingerprint density at radius 3 is 2.68 bits per heavy atom. The monoisotopic (exact) mass is 293 g/mol. The summed E-state index contributed by atoms with van der Waals surface area (Å²) >= 11 is 0. The van der Waals surface area contributed by atoms with Crippen LogP contribution in [-0.4, -0.2) is 33.9 Å². The van der Waals surface area contributed by atoms with Crippen LogP contribution in [0.3, 0.4) is 0 Å². The van der Waals surface area contributed by atoms with E-state index in [1.54, 1.807) is 12.4 Å². The number of pyridine rings is 1. The van der Waals surface area contributed by atoms with Gasteiger partial charge in [0, 0.05) is 36.4 Å². The fourth-order valence-corrected chi connectivity index (χ4v) is 2.58. The van der Waals surface area contributed by atoms with E-state index in [-0.39, 0.29) is 5.91 Å². The van der Waals surface area contributed by atoms with Gasteiger partial charge in [-0.05, 0) is 43.2 Å². The summed E-state index contributed by atoms with van der Waals surface area (Å²) < 4.78 is 0. The summed E-state index contributed by atoms with van der Waals surface area (Å²) in [7, 11) is 0. The molecule has 0 aliphatic heterocycles. The van der Waals surface area contributed by atoms with E-state index in [9.17, 15) is 4.79 Å². The molecule has 112 valence electrons. The Hall–Kier alpha value is -2.62. The van der Waals surface area contributed by atoms with Crippen LogP contribution in [0.4, 0.5) is 0 Å². The zero-order valence-corrected chi connectivity index (χ0v) is 12.6. The lowest BCUT2D eigenvalue weighted by atomic mass is 10.2. The SMILES string of the molecule is CCN(CCc1ccncc1)C(=O)c1cc2ccccc2[nH]1. The molecule has 22 heavy (non-hydrogen) atoms. The highest BCUT2D eigenvalue weighted by Crippen LogP contribution is 2.16. The van der Waals surface area contributed by atoms with Crippen molar-refractivity contribution in [3.8, 4) is 0 Å². The van der Waals surface area contributed by atoms with Gasteiger partial charge in [0.25, 0.3) is 5.91 Å². The molecule has 0 saturated heterocycles. The lowest BCUT2D eigenvalue weighted by Gasteiger charge is -2.20. The molecular weight excluding hydrogens is 274 g/mol. The molecule has 4 nitrogen and oxygen atoms in total. The van der Waals surface area contributed by atoms with Crippen molar-refractivity contribution in [3.05, 3.63) is 66.1 Å². The lowest BCUT2D eigenvalue weighted by molar-refractivity contribution is 0.0761. The second-order valence-corrected chi connectivity index (χ2v) is 5.26. The molecule has 2 heterocycles. The largest absolute Gasteiger partial charge is 0.351 e. The van der Waals surface area contributed by atoms with Gasteiger partial charge in [0.1, 0.15) is 5.69 Å². The van der Waals surface area contributed by atoms with Crippen molar-refractivity contribution in [2.75, 3.05) is 13.1 Å². The maximum absolute atomic E-state index is 12.6. The minimum atomic E-state index is 0.0488. The number of rotatable bonds is 5. The average Bonchev–Trinajstić information content (AvgIpc) is 3.00. The van der Waals surface area contributed by atoms with Gasteiger partial charge in [-0.1, -0.05) is 18.2 Å². The van der Waals surface area contributed by atoms with E-state index >= 15 is 0 Å². The predicted octanol–water partition coefficient (Wildman–Crippen LogP) is 3.27. The second kappa shape index (κ2) is 6.43. The molecule has 1 aromatic carbocycles. The highest BCUT2D eigenvalue weighted by atomic mass is 16.2. The number of para-hydroxylation sites is 1. The Bertz CT molecular complexity index is 731. The fraction of sp³-hybridized carbons (Fsp3) is 0.222. The first-order valence-corrected chi connectivity index (χ1v) is 7.54. The molecule has 0 atom stereocenters. The number of amides is 1. The van der Waals surface area contributed by atoms with E-state index in [0.29, 0.717) is 18.8 Å². The number of hydrogen-bond donors (Lipinski definition) is 1. The molecule has 0 radical (unpaired) electrons. The van der Waals surface area contributed by atoms with Crippen molar-refractivity contribution in [2.24, 2.45) is 0 Å². The third-order valence-electron chi connectivity index (χ3n) is 3.85. The van der Waals surface area contributed by atoms with Crippen LogP contribution < -0.4 is 0 Å². The third-order valence-corrected chi connectivity index (χ3v) is 3.85. The Labute approximate surface area is 129 Å². The summed E-state index contributed by atoms with van der Waals surface area (Å²) in [5.41, 5.74) is 2.84. The molecule has 3 aromatic rings. The number of aromatic nitrogens is 2. The van der Waals surface area contributed by atoms with Gasteiger partial charge in [-0.25, -0.2) is 0 Å². The molecule has 0 unspecified atom stereocenters. The number of hydrogen-bond acceptors (Lipinski definition) is 2. The minimum Gasteiger partial charge on any atom is -0.351 e. The van der Waals surface area contributed by atoms with Crippen molar-refractivity contribution in [1.29, 1.82) is 0 Å². The number of nitrogens with one attached hydrogen (secondary N) is 1. The smallest absolute Gasteiger partial charge is 0.270 e. The Morgan fingerprint density at radius 2 is 1.95 bits per heavy atom. The summed E-state index contributed by atoms with van der Waals surface area (Å²) in [6.45, 7) is 3.40. The predicted molar refractivity (Wildman–Crippen MR) is 87.8 cm³/mol. The van der Waals surface area contributed by atoms with Crippen LogP contribution in [0, 0.1) is 0 Å². The molecule has 0 aliphatic carbocycles. The van der Waals surface area contributed by atoms with E-state index in [1.165, 1.54) is 5.56 Å². The zero-order chi connectivity index (χ0) is 15.4. The van der Waals surface area contributed by atoms with Crippen LogP contribution in [0.1, 0.15) is 23.0 Å². The van der Waals surface area contributed by atoms with Crippen LogP contribution in [0.2, 0.25) is 0 Å². The number of H-pyrrole nitrogens is 1. The molecule has 3 rings (SSSR count). The van der Waals surface area contributed by atoms with E-state index < -0.39 is 0 Å². The van der Waals surface area contributed by atoms with Crippen LogP contribution in [0.15, 0.2) is 54.9 Å².